The maximum Gasteiger partial charge on any atom is 0.119 e. The van der Waals surface area contributed by atoms with Crippen molar-refractivity contribution in [1.29, 1.82) is 0 Å². The van der Waals surface area contributed by atoms with Gasteiger partial charge in [-0.3, -0.25) is 0 Å². The molecule has 0 saturated heterocycles. The van der Waals surface area contributed by atoms with Crippen molar-refractivity contribution in [1.82, 2.24) is 4.98 Å². The van der Waals surface area contributed by atoms with Crippen LogP contribution in [0.25, 0.3) is 0 Å². The SMILES string of the molecule is Nc1ccc(C(O)c2ccccc2)[nH]1. The van der Waals surface area contributed by atoms with Crippen molar-refractivity contribution < 1.29 is 5.11 Å². The molecule has 1 unspecified atom stereocenters. The van der Waals surface area contributed by atoms with E-state index >= 15 is 0 Å². The number of H-pyrrole nitrogens is 1. The summed E-state index contributed by atoms with van der Waals surface area (Å²) < 4.78 is 0. The van der Waals surface area contributed by atoms with E-state index in [0.717, 1.165) is 5.56 Å². The molecule has 0 aliphatic carbocycles. The third-order valence-electron chi connectivity index (χ3n) is 2.14. The van der Waals surface area contributed by atoms with Crippen LogP contribution in [0.5, 0.6) is 0 Å². The normalized spacial score (nSPS) is 12.6. The van der Waals surface area contributed by atoms with Crippen LogP contribution < -0.4 is 5.73 Å². The maximum absolute atomic E-state index is 9.92. The van der Waals surface area contributed by atoms with Crippen molar-refractivity contribution in [2.45, 2.75) is 6.10 Å². The molecule has 0 radical (unpaired) electrons. The molecule has 0 aliphatic rings. The standard InChI is InChI=1S/C11H12N2O/c12-10-7-6-9(13-10)11(14)8-4-2-1-3-5-8/h1-7,11,13-14H,12H2. The number of nitrogens with two attached hydrogens (primary N) is 1. The summed E-state index contributed by atoms with van der Waals surface area (Å²) in [5, 5.41) is 9.92. The highest BCUT2D eigenvalue weighted by Gasteiger charge is 2.10. The minimum absolute atomic E-state index is 0.565. The molecule has 2 rings (SSSR count). The first-order chi connectivity index (χ1) is 6.77. The Labute approximate surface area is 82.2 Å². The molecule has 3 heteroatoms. The van der Waals surface area contributed by atoms with Crippen molar-refractivity contribution >= 4 is 5.82 Å². The summed E-state index contributed by atoms with van der Waals surface area (Å²) >= 11 is 0. The van der Waals surface area contributed by atoms with Gasteiger partial charge in [-0.25, -0.2) is 0 Å². The van der Waals surface area contributed by atoms with Crippen LogP contribution in [-0.2, 0) is 0 Å². The molecule has 1 aromatic carbocycles. The second-order valence-corrected chi connectivity index (χ2v) is 3.18. The number of aliphatic hydroxyl groups is 1. The van der Waals surface area contributed by atoms with Crippen molar-refractivity contribution in [2.24, 2.45) is 0 Å². The summed E-state index contributed by atoms with van der Waals surface area (Å²) in [5.74, 6) is 0.565. The van der Waals surface area contributed by atoms with E-state index in [2.05, 4.69) is 4.98 Å². The number of benzene rings is 1. The van der Waals surface area contributed by atoms with Gasteiger partial charge in [0.25, 0.3) is 0 Å². The molecule has 0 spiro atoms. The van der Waals surface area contributed by atoms with Gasteiger partial charge in [-0.15, -0.1) is 0 Å². The Morgan fingerprint density at radius 2 is 1.79 bits per heavy atom. The number of hydrogen-bond acceptors (Lipinski definition) is 2. The Morgan fingerprint density at radius 1 is 1.07 bits per heavy atom. The molecular weight excluding hydrogens is 176 g/mol. The van der Waals surface area contributed by atoms with Crippen LogP contribution in [0.15, 0.2) is 42.5 Å². The molecule has 2 aromatic rings. The van der Waals surface area contributed by atoms with Gasteiger partial charge in [-0.2, -0.15) is 0 Å². The zero-order chi connectivity index (χ0) is 9.97. The molecule has 0 amide bonds. The van der Waals surface area contributed by atoms with Crippen LogP contribution in [0.4, 0.5) is 5.82 Å². The number of hydrogen-bond donors (Lipinski definition) is 3. The molecule has 1 heterocycles. The van der Waals surface area contributed by atoms with Gasteiger partial charge in [0.15, 0.2) is 0 Å². The number of aromatic nitrogens is 1. The van der Waals surface area contributed by atoms with E-state index in [1.165, 1.54) is 0 Å². The molecule has 3 nitrogen and oxygen atoms in total. The second kappa shape index (κ2) is 3.55. The molecule has 72 valence electrons. The molecule has 1 atom stereocenters. The maximum atomic E-state index is 9.92. The van der Waals surface area contributed by atoms with Crippen molar-refractivity contribution in [3.63, 3.8) is 0 Å². The van der Waals surface area contributed by atoms with Crippen molar-refractivity contribution in [2.75, 3.05) is 5.73 Å². The molecule has 0 bridgehead atoms. The summed E-state index contributed by atoms with van der Waals surface area (Å²) in [6, 6.07) is 13.0. The average molecular weight is 188 g/mol. The van der Waals surface area contributed by atoms with Gasteiger partial charge >= 0.3 is 0 Å². The lowest BCUT2D eigenvalue weighted by Gasteiger charge is -2.08. The zero-order valence-electron chi connectivity index (χ0n) is 7.64. The number of rotatable bonds is 2. The summed E-state index contributed by atoms with van der Waals surface area (Å²) in [6.07, 6.45) is -0.631. The Morgan fingerprint density at radius 3 is 2.36 bits per heavy atom. The molecule has 0 fully saturated rings. The summed E-state index contributed by atoms with van der Waals surface area (Å²) in [7, 11) is 0. The average Bonchev–Trinajstić information content (AvgIpc) is 2.65. The lowest BCUT2D eigenvalue weighted by Crippen LogP contribution is -1.99. The van der Waals surface area contributed by atoms with Gasteiger partial charge in [-0.1, -0.05) is 30.3 Å². The van der Waals surface area contributed by atoms with Crippen LogP contribution >= 0.6 is 0 Å². The lowest BCUT2D eigenvalue weighted by atomic mass is 10.1. The Hall–Kier alpha value is -1.74. The largest absolute Gasteiger partial charge is 0.385 e. The van der Waals surface area contributed by atoms with E-state index in [-0.39, 0.29) is 0 Å². The van der Waals surface area contributed by atoms with Gasteiger partial charge < -0.3 is 15.8 Å². The molecule has 0 saturated carbocycles. The molecule has 0 aliphatic heterocycles. The Bertz CT molecular complexity index is 408. The third kappa shape index (κ3) is 1.63. The number of nitrogen functional groups attached to an aromatic ring is 1. The van der Waals surface area contributed by atoms with Gasteiger partial charge in [0, 0.05) is 0 Å². The molecule has 14 heavy (non-hydrogen) atoms. The fourth-order valence-electron chi connectivity index (χ4n) is 1.40. The van der Waals surface area contributed by atoms with E-state index in [9.17, 15) is 5.11 Å². The van der Waals surface area contributed by atoms with Crippen LogP contribution in [0.2, 0.25) is 0 Å². The molecular formula is C11H12N2O. The zero-order valence-corrected chi connectivity index (χ0v) is 7.64. The highest BCUT2D eigenvalue weighted by Crippen LogP contribution is 2.21. The van der Waals surface area contributed by atoms with Crippen molar-refractivity contribution in [3.8, 4) is 0 Å². The van der Waals surface area contributed by atoms with Crippen molar-refractivity contribution in [3.05, 3.63) is 53.7 Å². The van der Waals surface area contributed by atoms with E-state index in [1.807, 2.05) is 30.3 Å². The highest BCUT2D eigenvalue weighted by molar-refractivity contribution is 5.35. The van der Waals surface area contributed by atoms with E-state index in [1.54, 1.807) is 12.1 Å². The predicted octanol–water partition coefficient (Wildman–Crippen LogP) is 1.68. The predicted molar refractivity (Wildman–Crippen MR) is 55.7 cm³/mol. The number of anilines is 1. The minimum Gasteiger partial charge on any atom is -0.385 e. The minimum atomic E-state index is -0.631. The number of aliphatic hydroxyl groups excluding tert-OH is 1. The quantitative estimate of drug-likeness (QED) is 0.671. The molecule has 4 N–H and O–H groups in total. The summed E-state index contributed by atoms with van der Waals surface area (Å²) in [4.78, 5) is 2.90. The monoisotopic (exact) mass is 188 g/mol. The first-order valence-electron chi connectivity index (χ1n) is 4.45. The Balaban J connectivity index is 2.29. The van der Waals surface area contributed by atoms with Crippen LogP contribution in [0.3, 0.4) is 0 Å². The van der Waals surface area contributed by atoms with Gasteiger partial charge in [0.1, 0.15) is 11.9 Å². The number of aromatic amines is 1. The van der Waals surface area contributed by atoms with E-state index in [4.69, 9.17) is 5.73 Å². The third-order valence-corrected chi connectivity index (χ3v) is 2.14. The second-order valence-electron chi connectivity index (χ2n) is 3.18. The van der Waals surface area contributed by atoms with Crippen LogP contribution in [0, 0.1) is 0 Å². The number of nitrogens with one attached hydrogen (secondary N) is 1. The fourth-order valence-corrected chi connectivity index (χ4v) is 1.40. The van der Waals surface area contributed by atoms with Gasteiger partial charge in [0.2, 0.25) is 0 Å². The highest BCUT2D eigenvalue weighted by atomic mass is 16.3. The Kier molecular flexibility index (Phi) is 2.24. The van der Waals surface area contributed by atoms with Gasteiger partial charge in [-0.05, 0) is 17.7 Å². The lowest BCUT2D eigenvalue weighted by molar-refractivity contribution is 0.216. The first-order valence-corrected chi connectivity index (χ1v) is 4.45. The van der Waals surface area contributed by atoms with Crippen LogP contribution in [-0.4, -0.2) is 10.1 Å². The van der Waals surface area contributed by atoms with E-state index in [0.29, 0.717) is 11.5 Å². The smallest absolute Gasteiger partial charge is 0.119 e. The summed E-state index contributed by atoms with van der Waals surface area (Å²) in [5.41, 5.74) is 7.10. The van der Waals surface area contributed by atoms with E-state index < -0.39 is 6.10 Å². The molecule has 1 aromatic heterocycles. The summed E-state index contributed by atoms with van der Waals surface area (Å²) in [6.45, 7) is 0. The topological polar surface area (TPSA) is 62.0 Å². The first kappa shape index (κ1) is 8.84. The van der Waals surface area contributed by atoms with Gasteiger partial charge in [0.05, 0.1) is 5.69 Å². The van der Waals surface area contributed by atoms with Crippen LogP contribution in [0.1, 0.15) is 17.4 Å². The fraction of sp³-hybridized carbons (Fsp3) is 0.0909.